The number of hydrogen-bond donors (Lipinski definition) is 3. The van der Waals surface area contributed by atoms with Crippen LogP contribution in [0.5, 0.6) is 0 Å². The third-order valence-corrected chi connectivity index (χ3v) is 6.07. The molecule has 2 aliphatic rings. The molecule has 23 heavy (non-hydrogen) atoms. The van der Waals surface area contributed by atoms with E-state index in [0.717, 1.165) is 45.2 Å². The van der Waals surface area contributed by atoms with Crippen molar-refractivity contribution in [2.24, 2.45) is 0 Å². The van der Waals surface area contributed by atoms with Crippen LogP contribution in [0.25, 0.3) is 0 Å². The van der Waals surface area contributed by atoms with Crippen LogP contribution in [-0.2, 0) is 13.0 Å². The molecule has 2 heterocycles. The van der Waals surface area contributed by atoms with Crippen molar-refractivity contribution in [1.82, 2.24) is 15.5 Å². The summed E-state index contributed by atoms with van der Waals surface area (Å²) >= 11 is 1.85. The molecule has 1 aromatic rings. The molecule has 6 heteroatoms. The highest BCUT2D eigenvalue weighted by atomic mass is 32.1. The molecular weight excluding hydrogens is 310 g/mol. The topological polar surface area (TPSA) is 64.6 Å². The normalized spacial score (nSPS) is 26.3. The predicted molar refractivity (Wildman–Crippen MR) is 92.7 cm³/mol. The maximum Gasteiger partial charge on any atom is 0.315 e. The summed E-state index contributed by atoms with van der Waals surface area (Å²) in [7, 11) is 0. The monoisotopic (exact) mass is 337 g/mol. The fraction of sp³-hybridized carbons (Fsp3) is 0.706. The Balaban J connectivity index is 1.39. The van der Waals surface area contributed by atoms with Gasteiger partial charge in [0.1, 0.15) is 0 Å². The van der Waals surface area contributed by atoms with Gasteiger partial charge in [-0.05, 0) is 56.0 Å². The van der Waals surface area contributed by atoms with E-state index in [1.165, 1.54) is 10.4 Å². The standard InChI is InChI=1S/C17H27N3O2S/c1-12(20-8-6-16-13(11-20)7-9-23-16)10-18-17(22)19-14-2-4-15(21)5-3-14/h7,9,12,14-15,21H,2-6,8,10-11H2,1H3,(H2,18,19,22)/t12-,14?,15?/m0/s1. The number of nitrogens with one attached hydrogen (secondary N) is 2. The average Bonchev–Trinajstić information content (AvgIpc) is 3.02. The number of nitrogens with zero attached hydrogens (tertiary/aromatic N) is 1. The summed E-state index contributed by atoms with van der Waals surface area (Å²) < 4.78 is 0. The van der Waals surface area contributed by atoms with Crippen LogP contribution in [0.3, 0.4) is 0 Å². The van der Waals surface area contributed by atoms with Crippen molar-refractivity contribution in [3.05, 3.63) is 21.9 Å². The van der Waals surface area contributed by atoms with Crippen molar-refractivity contribution < 1.29 is 9.90 Å². The molecule has 1 aromatic heterocycles. The molecule has 0 unspecified atom stereocenters. The van der Waals surface area contributed by atoms with Crippen LogP contribution in [-0.4, -0.2) is 47.3 Å². The van der Waals surface area contributed by atoms with Crippen LogP contribution in [0.2, 0.25) is 0 Å². The fourth-order valence-corrected chi connectivity index (χ4v) is 4.36. The number of carbonyl (C=O) groups is 1. The van der Waals surface area contributed by atoms with Gasteiger partial charge in [-0.2, -0.15) is 0 Å². The zero-order valence-corrected chi connectivity index (χ0v) is 14.6. The number of carbonyl (C=O) groups excluding carboxylic acids is 1. The molecule has 0 spiro atoms. The molecule has 0 bridgehead atoms. The summed E-state index contributed by atoms with van der Waals surface area (Å²) in [4.78, 5) is 16.0. The van der Waals surface area contributed by atoms with E-state index in [1.807, 2.05) is 11.3 Å². The number of aliphatic hydroxyl groups excluding tert-OH is 1. The molecule has 5 nitrogen and oxygen atoms in total. The highest BCUT2D eigenvalue weighted by molar-refractivity contribution is 7.10. The van der Waals surface area contributed by atoms with E-state index in [4.69, 9.17) is 0 Å². The van der Waals surface area contributed by atoms with Gasteiger partial charge in [-0.3, -0.25) is 4.90 Å². The minimum atomic E-state index is -0.183. The third kappa shape index (κ3) is 4.46. The molecule has 0 radical (unpaired) electrons. The molecule has 3 N–H and O–H groups in total. The largest absolute Gasteiger partial charge is 0.393 e. The minimum Gasteiger partial charge on any atom is -0.393 e. The predicted octanol–water partition coefficient (Wildman–Crippen LogP) is 2.10. The second-order valence-corrected chi connectivity index (χ2v) is 7.80. The number of urea groups is 1. The maximum absolute atomic E-state index is 12.0. The first-order valence-electron chi connectivity index (χ1n) is 8.63. The van der Waals surface area contributed by atoms with Gasteiger partial charge in [0.15, 0.2) is 0 Å². The quantitative estimate of drug-likeness (QED) is 0.788. The first kappa shape index (κ1) is 16.7. The van der Waals surface area contributed by atoms with Crippen molar-refractivity contribution in [3.8, 4) is 0 Å². The molecular formula is C17H27N3O2S. The highest BCUT2D eigenvalue weighted by Gasteiger charge is 2.23. The Bertz CT molecular complexity index is 526. The van der Waals surface area contributed by atoms with Crippen molar-refractivity contribution in [3.63, 3.8) is 0 Å². The van der Waals surface area contributed by atoms with Gasteiger partial charge >= 0.3 is 6.03 Å². The van der Waals surface area contributed by atoms with Crippen molar-refractivity contribution in [2.45, 2.75) is 63.8 Å². The Kier molecular flexibility index (Phi) is 5.56. The van der Waals surface area contributed by atoms with Gasteiger partial charge in [-0.25, -0.2) is 4.79 Å². The van der Waals surface area contributed by atoms with Gasteiger partial charge in [0, 0.05) is 36.6 Å². The van der Waals surface area contributed by atoms with Gasteiger partial charge < -0.3 is 15.7 Å². The summed E-state index contributed by atoms with van der Waals surface area (Å²) in [6, 6.07) is 2.68. The van der Waals surface area contributed by atoms with Gasteiger partial charge in [0.05, 0.1) is 6.10 Å². The van der Waals surface area contributed by atoms with Gasteiger partial charge in [0.2, 0.25) is 0 Å². The Morgan fingerprint density at radius 3 is 3.00 bits per heavy atom. The molecule has 1 aliphatic carbocycles. The second-order valence-electron chi connectivity index (χ2n) is 6.80. The van der Waals surface area contributed by atoms with Crippen LogP contribution >= 0.6 is 11.3 Å². The molecule has 1 saturated carbocycles. The summed E-state index contributed by atoms with van der Waals surface area (Å²) in [5, 5.41) is 17.7. The van der Waals surface area contributed by atoms with Gasteiger partial charge in [-0.15, -0.1) is 11.3 Å². The zero-order valence-electron chi connectivity index (χ0n) is 13.8. The average molecular weight is 337 g/mol. The van der Waals surface area contributed by atoms with E-state index >= 15 is 0 Å². The Hall–Kier alpha value is -1.11. The lowest BCUT2D eigenvalue weighted by atomic mass is 9.93. The minimum absolute atomic E-state index is 0.0773. The maximum atomic E-state index is 12.0. The molecule has 2 amide bonds. The number of hydrogen-bond acceptors (Lipinski definition) is 4. The zero-order chi connectivity index (χ0) is 16.2. The number of fused-ring (bicyclic) bond motifs is 1. The molecule has 0 saturated heterocycles. The molecule has 1 atom stereocenters. The smallest absolute Gasteiger partial charge is 0.315 e. The van der Waals surface area contributed by atoms with E-state index in [1.54, 1.807) is 0 Å². The lowest BCUT2D eigenvalue weighted by molar-refractivity contribution is 0.117. The Morgan fingerprint density at radius 2 is 2.22 bits per heavy atom. The van der Waals surface area contributed by atoms with Gasteiger partial charge in [0.25, 0.3) is 0 Å². The molecule has 128 valence electrons. The van der Waals surface area contributed by atoms with E-state index < -0.39 is 0 Å². The van der Waals surface area contributed by atoms with Crippen LogP contribution in [0, 0.1) is 0 Å². The van der Waals surface area contributed by atoms with Crippen LogP contribution < -0.4 is 10.6 Å². The molecule has 3 rings (SSSR count). The van der Waals surface area contributed by atoms with E-state index in [-0.39, 0.29) is 18.2 Å². The van der Waals surface area contributed by atoms with E-state index in [0.29, 0.717) is 12.6 Å². The van der Waals surface area contributed by atoms with Crippen LogP contribution in [0.1, 0.15) is 43.0 Å². The summed E-state index contributed by atoms with van der Waals surface area (Å²) in [6.07, 6.45) is 4.26. The summed E-state index contributed by atoms with van der Waals surface area (Å²) in [5.41, 5.74) is 1.44. The first-order chi connectivity index (χ1) is 11.1. The highest BCUT2D eigenvalue weighted by Crippen LogP contribution is 2.25. The van der Waals surface area contributed by atoms with Gasteiger partial charge in [-0.1, -0.05) is 0 Å². The summed E-state index contributed by atoms with van der Waals surface area (Å²) in [6.45, 7) is 4.90. The molecule has 0 aromatic carbocycles. The number of amides is 2. The third-order valence-electron chi connectivity index (χ3n) is 5.05. The molecule has 1 aliphatic heterocycles. The van der Waals surface area contributed by atoms with Crippen LogP contribution in [0.15, 0.2) is 11.4 Å². The summed E-state index contributed by atoms with van der Waals surface area (Å²) in [5.74, 6) is 0. The lowest BCUT2D eigenvalue weighted by Gasteiger charge is -2.33. The molecule has 1 fully saturated rings. The second kappa shape index (κ2) is 7.64. The first-order valence-corrected chi connectivity index (χ1v) is 9.51. The number of rotatable bonds is 4. The van der Waals surface area contributed by atoms with Crippen molar-refractivity contribution >= 4 is 17.4 Å². The fourth-order valence-electron chi connectivity index (χ4n) is 3.47. The Morgan fingerprint density at radius 1 is 1.43 bits per heavy atom. The number of aliphatic hydroxyl groups is 1. The van der Waals surface area contributed by atoms with Crippen molar-refractivity contribution in [2.75, 3.05) is 13.1 Å². The SMILES string of the molecule is C[C@@H](CNC(=O)NC1CCC(O)CC1)N1CCc2sccc2C1. The van der Waals surface area contributed by atoms with Crippen LogP contribution in [0.4, 0.5) is 4.79 Å². The number of thiophene rings is 1. The lowest BCUT2D eigenvalue weighted by Crippen LogP contribution is -2.49. The van der Waals surface area contributed by atoms with E-state index in [2.05, 4.69) is 33.9 Å². The van der Waals surface area contributed by atoms with Crippen molar-refractivity contribution in [1.29, 1.82) is 0 Å². The van der Waals surface area contributed by atoms with E-state index in [9.17, 15) is 9.90 Å². The Labute approximate surface area is 142 Å².